The minimum absolute atomic E-state index is 0.122. The van der Waals surface area contributed by atoms with E-state index in [1.165, 1.54) is 0 Å². The fourth-order valence-corrected chi connectivity index (χ4v) is 2.47. The predicted molar refractivity (Wildman–Crippen MR) is 69.9 cm³/mol. The first-order chi connectivity index (χ1) is 8.10. The molecule has 3 nitrogen and oxygen atoms in total. The molecule has 1 unspecified atom stereocenters. The average molecular weight is 232 g/mol. The van der Waals surface area contributed by atoms with Gasteiger partial charge < -0.3 is 10.6 Å². The van der Waals surface area contributed by atoms with Crippen LogP contribution in [0.15, 0.2) is 18.2 Å². The van der Waals surface area contributed by atoms with Gasteiger partial charge in [0.1, 0.15) is 0 Å². The van der Waals surface area contributed by atoms with Crippen LogP contribution in [0.3, 0.4) is 0 Å². The molecule has 1 aromatic rings. The molecule has 1 aliphatic heterocycles. The summed E-state index contributed by atoms with van der Waals surface area (Å²) in [6, 6.07) is 5.57. The van der Waals surface area contributed by atoms with E-state index >= 15 is 0 Å². The van der Waals surface area contributed by atoms with Crippen LogP contribution in [0.25, 0.3) is 0 Å². The van der Waals surface area contributed by atoms with Gasteiger partial charge in [0.15, 0.2) is 0 Å². The van der Waals surface area contributed by atoms with Gasteiger partial charge in [-0.15, -0.1) is 0 Å². The predicted octanol–water partition coefficient (Wildman–Crippen LogP) is 2.45. The van der Waals surface area contributed by atoms with Gasteiger partial charge in [-0.1, -0.05) is 13.3 Å². The van der Waals surface area contributed by atoms with Crippen molar-refractivity contribution in [1.82, 2.24) is 4.90 Å². The van der Waals surface area contributed by atoms with Crippen molar-refractivity contribution in [3.8, 4) is 0 Å². The van der Waals surface area contributed by atoms with E-state index in [0.29, 0.717) is 11.6 Å². The van der Waals surface area contributed by atoms with Crippen LogP contribution in [0.1, 0.15) is 35.7 Å². The second kappa shape index (κ2) is 4.78. The molecule has 17 heavy (non-hydrogen) atoms. The van der Waals surface area contributed by atoms with Crippen molar-refractivity contribution in [2.45, 2.75) is 26.7 Å². The van der Waals surface area contributed by atoms with Crippen LogP contribution in [0, 0.1) is 12.8 Å². The Labute approximate surface area is 103 Å². The topological polar surface area (TPSA) is 46.3 Å². The molecule has 1 heterocycles. The summed E-state index contributed by atoms with van der Waals surface area (Å²) in [5.74, 6) is 0.789. The molecule has 0 radical (unpaired) electrons. The Bertz CT molecular complexity index is 408. The van der Waals surface area contributed by atoms with Crippen LogP contribution in [-0.4, -0.2) is 23.9 Å². The highest BCUT2D eigenvalue weighted by molar-refractivity contribution is 5.95. The van der Waals surface area contributed by atoms with Crippen molar-refractivity contribution >= 4 is 11.6 Å². The van der Waals surface area contributed by atoms with E-state index in [2.05, 4.69) is 6.92 Å². The van der Waals surface area contributed by atoms with Gasteiger partial charge in [0.2, 0.25) is 0 Å². The van der Waals surface area contributed by atoms with E-state index < -0.39 is 0 Å². The van der Waals surface area contributed by atoms with Gasteiger partial charge in [0, 0.05) is 24.3 Å². The number of aryl methyl sites for hydroxylation is 1. The lowest BCUT2D eigenvalue weighted by Crippen LogP contribution is -2.28. The van der Waals surface area contributed by atoms with E-state index in [9.17, 15) is 4.79 Å². The van der Waals surface area contributed by atoms with E-state index in [-0.39, 0.29) is 5.91 Å². The van der Waals surface area contributed by atoms with Gasteiger partial charge >= 0.3 is 0 Å². The van der Waals surface area contributed by atoms with Gasteiger partial charge in [0.05, 0.1) is 0 Å². The molecule has 0 aliphatic carbocycles. The number of benzene rings is 1. The summed E-state index contributed by atoms with van der Waals surface area (Å²) in [6.45, 7) is 5.92. The molecular weight excluding hydrogens is 212 g/mol. The third kappa shape index (κ3) is 2.60. The quantitative estimate of drug-likeness (QED) is 0.796. The van der Waals surface area contributed by atoms with Crippen LogP contribution in [0.5, 0.6) is 0 Å². The fourth-order valence-electron chi connectivity index (χ4n) is 2.47. The minimum atomic E-state index is 0.122. The zero-order chi connectivity index (χ0) is 12.4. The number of nitrogens with zero attached hydrogens (tertiary/aromatic N) is 1. The molecule has 92 valence electrons. The Balaban J connectivity index is 2.14. The number of likely N-dealkylation sites (tertiary alicyclic amines) is 1. The van der Waals surface area contributed by atoms with Gasteiger partial charge in [-0.25, -0.2) is 0 Å². The number of nitrogen functional groups attached to an aromatic ring is 1. The Hall–Kier alpha value is -1.51. The van der Waals surface area contributed by atoms with E-state index in [1.807, 2.05) is 24.0 Å². The second-order valence-corrected chi connectivity index (χ2v) is 4.95. The Morgan fingerprint density at radius 1 is 1.47 bits per heavy atom. The molecule has 1 saturated heterocycles. The van der Waals surface area contributed by atoms with Gasteiger partial charge in [-0.3, -0.25) is 4.79 Å². The molecule has 2 rings (SSSR count). The Kier molecular flexibility index (Phi) is 3.36. The van der Waals surface area contributed by atoms with Crippen molar-refractivity contribution in [2.24, 2.45) is 5.92 Å². The van der Waals surface area contributed by atoms with Crippen LogP contribution < -0.4 is 5.73 Å². The van der Waals surface area contributed by atoms with Gasteiger partial charge in [0.25, 0.3) is 5.91 Å². The summed E-state index contributed by atoms with van der Waals surface area (Å²) in [4.78, 5) is 14.2. The number of hydrogen-bond donors (Lipinski definition) is 1. The minimum Gasteiger partial charge on any atom is -0.399 e. The lowest BCUT2D eigenvalue weighted by molar-refractivity contribution is 0.0787. The maximum atomic E-state index is 12.3. The SMILES string of the molecule is CCC1CCN(C(=O)c2cc(C)cc(N)c2)C1. The number of carbonyl (C=O) groups excluding carboxylic acids is 1. The first-order valence-electron chi connectivity index (χ1n) is 6.26. The highest BCUT2D eigenvalue weighted by Gasteiger charge is 2.25. The van der Waals surface area contributed by atoms with Gasteiger partial charge in [-0.2, -0.15) is 0 Å². The number of carbonyl (C=O) groups is 1. The van der Waals surface area contributed by atoms with Crippen molar-refractivity contribution in [3.05, 3.63) is 29.3 Å². The molecule has 1 aromatic carbocycles. The second-order valence-electron chi connectivity index (χ2n) is 4.95. The first kappa shape index (κ1) is 12.0. The summed E-state index contributed by atoms with van der Waals surface area (Å²) >= 11 is 0. The normalized spacial score (nSPS) is 19.6. The van der Waals surface area contributed by atoms with Crippen LogP contribution >= 0.6 is 0 Å². The summed E-state index contributed by atoms with van der Waals surface area (Å²) in [5, 5.41) is 0. The smallest absolute Gasteiger partial charge is 0.253 e. The van der Waals surface area contributed by atoms with E-state index in [4.69, 9.17) is 5.73 Å². The lowest BCUT2D eigenvalue weighted by atomic mass is 10.1. The number of rotatable bonds is 2. The van der Waals surface area contributed by atoms with E-state index in [1.54, 1.807) is 6.07 Å². The number of anilines is 1. The van der Waals surface area contributed by atoms with Crippen LogP contribution in [-0.2, 0) is 0 Å². The molecule has 0 spiro atoms. The monoisotopic (exact) mass is 232 g/mol. The zero-order valence-corrected chi connectivity index (χ0v) is 10.6. The van der Waals surface area contributed by atoms with Crippen molar-refractivity contribution in [3.63, 3.8) is 0 Å². The number of amides is 1. The summed E-state index contributed by atoms with van der Waals surface area (Å²) in [7, 11) is 0. The standard InChI is InChI=1S/C14H20N2O/c1-3-11-4-5-16(9-11)14(17)12-6-10(2)7-13(15)8-12/h6-8,11H,3-5,9,15H2,1-2H3. The molecule has 0 bridgehead atoms. The molecule has 1 atom stereocenters. The fraction of sp³-hybridized carbons (Fsp3) is 0.500. The molecule has 0 saturated carbocycles. The van der Waals surface area contributed by atoms with Crippen LogP contribution in [0.2, 0.25) is 0 Å². The van der Waals surface area contributed by atoms with Crippen molar-refractivity contribution in [1.29, 1.82) is 0 Å². The Morgan fingerprint density at radius 2 is 2.24 bits per heavy atom. The molecule has 0 aromatic heterocycles. The molecule has 1 fully saturated rings. The maximum Gasteiger partial charge on any atom is 0.253 e. The highest BCUT2D eigenvalue weighted by atomic mass is 16.2. The highest BCUT2D eigenvalue weighted by Crippen LogP contribution is 2.22. The number of nitrogens with two attached hydrogens (primary N) is 1. The third-order valence-electron chi connectivity index (χ3n) is 3.50. The Morgan fingerprint density at radius 3 is 2.82 bits per heavy atom. The summed E-state index contributed by atoms with van der Waals surface area (Å²) in [6.07, 6.45) is 2.28. The molecule has 1 amide bonds. The molecule has 1 aliphatic rings. The third-order valence-corrected chi connectivity index (χ3v) is 3.50. The summed E-state index contributed by atoms with van der Waals surface area (Å²) < 4.78 is 0. The molecule has 3 heteroatoms. The molecular formula is C14H20N2O. The number of hydrogen-bond acceptors (Lipinski definition) is 2. The molecule has 2 N–H and O–H groups in total. The largest absolute Gasteiger partial charge is 0.399 e. The zero-order valence-electron chi connectivity index (χ0n) is 10.6. The van der Waals surface area contributed by atoms with Crippen LogP contribution in [0.4, 0.5) is 5.69 Å². The maximum absolute atomic E-state index is 12.3. The lowest BCUT2D eigenvalue weighted by Gasteiger charge is -2.17. The first-order valence-corrected chi connectivity index (χ1v) is 6.26. The van der Waals surface area contributed by atoms with Gasteiger partial charge in [-0.05, 0) is 43.0 Å². The van der Waals surface area contributed by atoms with Crippen molar-refractivity contribution in [2.75, 3.05) is 18.8 Å². The van der Waals surface area contributed by atoms with Crippen molar-refractivity contribution < 1.29 is 4.79 Å². The van der Waals surface area contributed by atoms with E-state index in [0.717, 1.165) is 37.1 Å². The average Bonchev–Trinajstić information content (AvgIpc) is 2.75. The summed E-state index contributed by atoms with van der Waals surface area (Å²) in [5.41, 5.74) is 8.21.